The molecule has 72 valence electrons. The van der Waals surface area contributed by atoms with Crippen molar-refractivity contribution >= 4 is 17.4 Å². The molecule has 2 N–H and O–H groups in total. The second kappa shape index (κ2) is 3.02. The minimum Gasteiger partial charge on any atom is -0.383 e. The van der Waals surface area contributed by atoms with Gasteiger partial charge in [-0.2, -0.15) is 13.2 Å². The van der Waals surface area contributed by atoms with Gasteiger partial charge in [0.25, 0.3) is 0 Å². The van der Waals surface area contributed by atoms with Gasteiger partial charge in [0.1, 0.15) is 11.4 Å². The lowest BCUT2D eigenvalue weighted by Gasteiger charge is -2.10. The van der Waals surface area contributed by atoms with Crippen molar-refractivity contribution in [2.45, 2.75) is 13.1 Å². The van der Waals surface area contributed by atoms with E-state index in [-0.39, 0.29) is 11.0 Å². The summed E-state index contributed by atoms with van der Waals surface area (Å²) < 4.78 is 36.7. The number of halogens is 4. The Bertz CT molecular complexity index is 313. The molecule has 0 aromatic carbocycles. The highest BCUT2D eigenvalue weighted by Crippen LogP contribution is 2.34. The molecule has 3 nitrogen and oxygen atoms in total. The number of alkyl halides is 3. The summed E-state index contributed by atoms with van der Waals surface area (Å²) in [4.78, 5) is 6.57. The zero-order valence-corrected chi connectivity index (χ0v) is 7.24. The Morgan fingerprint density at radius 3 is 2.23 bits per heavy atom. The number of nitrogens with zero attached hydrogens (tertiary/aromatic N) is 2. The van der Waals surface area contributed by atoms with Crippen molar-refractivity contribution in [3.05, 3.63) is 16.5 Å². The monoisotopic (exact) mass is 211 g/mol. The molecule has 1 heterocycles. The fourth-order valence-corrected chi connectivity index (χ4v) is 1.13. The molecule has 13 heavy (non-hydrogen) atoms. The molecular formula is C6H5ClF3N3. The molecule has 0 saturated carbocycles. The fourth-order valence-electron chi connectivity index (χ4n) is 0.910. The molecule has 0 aliphatic rings. The first-order valence-corrected chi connectivity index (χ1v) is 3.57. The second-order valence-corrected chi connectivity index (χ2v) is 2.67. The van der Waals surface area contributed by atoms with Crippen LogP contribution in [-0.2, 0) is 6.18 Å². The molecule has 1 aromatic heterocycles. The smallest absolute Gasteiger partial charge is 0.383 e. The van der Waals surface area contributed by atoms with E-state index in [2.05, 4.69) is 9.97 Å². The largest absolute Gasteiger partial charge is 0.421 e. The highest BCUT2D eigenvalue weighted by Gasteiger charge is 2.36. The van der Waals surface area contributed by atoms with Crippen LogP contribution in [0.15, 0.2) is 0 Å². The van der Waals surface area contributed by atoms with Crippen molar-refractivity contribution in [3.63, 3.8) is 0 Å². The van der Waals surface area contributed by atoms with Crippen LogP contribution in [0.2, 0.25) is 5.28 Å². The van der Waals surface area contributed by atoms with Gasteiger partial charge in [-0.25, -0.2) is 9.97 Å². The lowest BCUT2D eigenvalue weighted by atomic mass is 10.2. The number of nitrogens with two attached hydrogens (primary N) is 1. The van der Waals surface area contributed by atoms with Gasteiger partial charge in [-0.15, -0.1) is 0 Å². The molecular weight excluding hydrogens is 207 g/mol. The average molecular weight is 212 g/mol. The molecule has 0 aliphatic carbocycles. The van der Waals surface area contributed by atoms with Crippen LogP contribution in [0.4, 0.5) is 19.0 Å². The maximum absolute atomic E-state index is 12.2. The van der Waals surface area contributed by atoms with Gasteiger partial charge in [0.15, 0.2) is 0 Å². The van der Waals surface area contributed by atoms with Gasteiger partial charge >= 0.3 is 6.18 Å². The third kappa shape index (κ3) is 2.00. The minimum absolute atomic E-state index is 0.273. The molecule has 0 spiro atoms. The van der Waals surface area contributed by atoms with Crippen molar-refractivity contribution in [1.29, 1.82) is 0 Å². The lowest BCUT2D eigenvalue weighted by molar-refractivity contribution is -0.137. The standard InChI is InChI=1S/C6H5ClF3N3/c1-2-3(6(8,9)10)4(11)13-5(7)12-2/h1H3,(H2,11,12,13). The summed E-state index contributed by atoms with van der Waals surface area (Å²) in [6, 6.07) is 0. The lowest BCUT2D eigenvalue weighted by Crippen LogP contribution is -2.14. The van der Waals surface area contributed by atoms with E-state index < -0.39 is 17.6 Å². The molecule has 1 aromatic rings. The van der Waals surface area contributed by atoms with Crippen molar-refractivity contribution in [1.82, 2.24) is 9.97 Å². The maximum atomic E-state index is 12.2. The maximum Gasteiger partial charge on any atom is 0.421 e. The van der Waals surface area contributed by atoms with E-state index in [1.54, 1.807) is 0 Å². The van der Waals surface area contributed by atoms with Crippen LogP contribution < -0.4 is 5.73 Å². The molecule has 0 bridgehead atoms. The SMILES string of the molecule is Cc1nc(Cl)nc(N)c1C(F)(F)F. The van der Waals surface area contributed by atoms with Crippen LogP contribution in [0, 0.1) is 6.92 Å². The number of hydrogen-bond donors (Lipinski definition) is 1. The second-order valence-electron chi connectivity index (χ2n) is 2.34. The van der Waals surface area contributed by atoms with Crippen LogP contribution in [0.1, 0.15) is 11.3 Å². The normalized spacial score (nSPS) is 11.8. The van der Waals surface area contributed by atoms with Gasteiger partial charge in [0.05, 0.1) is 5.69 Å². The Kier molecular flexibility index (Phi) is 2.34. The van der Waals surface area contributed by atoms with Crippen LogP contribution >= 0.6 is 11.6 Å². The zero-order valence-electron chi connectivity index (χ0n) is 6.48. The number of aryl methyl sites for hydroxylation is 1. The zero-order chi connectivity index (χ0) is 10.2. The quantitative estimate of drug-likeness (QED) is 0.668. The van der Waals surface area contributed by atoms with Gasteiger partial charge in [-0.05, 0) is 18.5 Å². The predicted octanol–water partition coefficient (Wildman–Crippen LogP) is 2.04. The molecule has 0 atom stereocenters. The first-order valence-electron chi connectivity index (χ1n) is 3.19. The summed E-state index contributed by atoms with van der Waals surface area (Å²) in [6.07, 6.45) is -4.54. The van der Waals surface area contributed by atoms with Gasteiger partial charge in [-0.3, -0.25) is 0 Å². The van der Waals surface area contributed by atoms with E-state index in [9.17, 15) is 13.2 Å². The molecule has 0 unspecified atom stereocenters. The van der Waals surface area contributed by atoms with Crippen LogP contribution in [-0.4, -0.2) is 9.97 Å². The summed E-state index contributed by atoms with van der Waals surface area (Å²) >= 11 is 5.30. The highest BCUT2D eigenvalue weighted by atomic mass is 35.5. The third-order valence-corrected chi connectivity index (χ3v) is 1.54. The Balaban J connectivity index is 3.38. The summed E-state index contributed by atoms with van der Waals surface area (Å²) in [5, 5.41) is -0.289. The van der Waals surface area contributed by atoms with E-state index in [0.717, 1.165) is 0 Å². The van der Waals surface area contributed by atoms with Crippen molar-refractivity contribution < 1.29 is 13.2 Å². The number of nitrogen functional groups attached to an aromatic ring is 1. The van der Waals surface area contributed by atoms with E-state index in [1.165, 1.54) is 6.92 Å². The van der Waals surface area contributed by atoms with Crippen LogP contribution in [0.3, 0.4) is 0 Å². The van der Waals surface area contributed by atoms with Crippen molar-refractivity contribution in [3.8, 4) is 0 Å². The van der Waals surface area contributed by atoms with Gasteiger partial charge in [0, 0.05) is 0 Å². The number of anilines is 1. The highest BCUT2D eigenvalue weighted by molar-refractivity contribution is 6.28. The molecule has 7 heteroatoms. The fraction of sp³-hybridized carbons (Fsp3) is 0.333. The summed E-state index contributed by atoms with van der Waals surface area (Å²) in [6.45, 7) is 1.17. The predicted molar refractivity (Wildman–Crippen MR) is 41.2 cm³/mol. The number of aromatic nitrogens is 2. The summed E-state index contributed by atoms with van der Waals surface area (Å²) in [7, 11) is 0. The Morgan fingerprint density at radius 1 is 1.31 bits per heavy atom. The Morgan fingerprint density at radius 2 is 1.85 bits per heavy atom. The average Bonchev–Trinajstić information content (AvgIpc) is 1.78. The Hall–Kier alpha value is -1.04. The molecule has 0 aliphatic heterocycles. The van der Waals surface area contributed by atoms with E-state index in [0.29, 0.717) is 0 Å². The molecule has 0 amide bonds. The summed E-state index contributed by atoms with van der Waals surface area (Å²) in [5.41, 5.74) is 3.75. The number of rotatable bonds is 0. The van der Waals surface area contributed by atoms with Crippen molar-refractivity contribution in [2.24, 2.45) is 0 Å². The van der Waals surface area contributed by atoms with E-state index in [1.807, 2.05) is 0 Å². The Labute approximate surface area is 76.7 Å². The first kappa shape index (κ1) is 10.0. The van der Waals surface area contributed by atoms with E-state index >= 15 is 0 Å². The first-order chi connectivity index (χ1) is 5.82. The van der Waals surface area contributed by atoms with Gasteiger partial charge < -0.3 is 5.73 Å². The third-order valence-electron chi connectivity index (χ3n) is 1.37. The minimum atomic E-state index is -4.54. The molecule has 1 rings (SSSR count). The molecule has 0 saturated heterocycles. The van der Waals surface area contributed by atoms with E-state index in [4.69, 9.17) is 17.3 Å². The van der Waals surface area contributed by atoms with Gasteiger partial charge in [-0.1, -0.05) is 0 Å². The summed E-state index contributed by atoms with van der Waals surface area (Å²) in [5.74, 6) is -0.648. The van der Waals surface area contributed by atoms with Crippen LogP contribution in [0.25, 0.3) is 0 Å². The molecule has 0 fully saturated rings. The van der Waals surface area contributed by atoms with Gasteiger partial charge in [0.2, 0.25) is 5.28 Å². The topological polar surface area (TPSA) is 51.8 Å². The number of hydrogen-bond acceptors (Lipinski definition) is 3. The van der Waals surface area contributed by atoms with Crippen LogP contribution in [0.5, 0.6) is 0 Å². The molecule has 0 radical (unpaired) electrons. The van der Waals surface area contributed by atoms with Crippen molar-refractivity contribution in [2.75, 3.05) is 5.73 Å².